The smallest absolute Gasteiger partial charge is 0.191 e. The third kappa shape index (κ3) is 3.21. The Kier molecular flexibility index (Phi) is 4.82. The molecule has 0 bridgehead atoms. The molecule has 7 heteroatoms. The molecule has 20 heavy (non-hydrogen) atoms. The Morgan fingerprint density at radius 3 is 2.50 bits per heavy atom. The summed E-state index contributed by atoms with van der Waals surface area (Å²) in [7, 11) is 0. The second-order valence-corrected chi connectivity index (χ2v) is 6.18. The Hall–Kier alpha value is -1.34. The summed E-state index contributed by atoms with van der Waals surface area (Å²) in [5.41, 5.74) is 6.75. The summed E-state index contributed by atoms with van der Waals surface area (Å²) in [4.78, 5) is 0. The molecule has 110 valence electrons. The summed E-state index contributed by atoms with van der Waals surface area (Å²) in [5, 5.41) is 13.8. The van der Waals surface area contributed by atoms with Gasteiger partial charge in [0.05, 0.1) is 12.2 Å². The molecule has 0 amide bonds. The molecule has 0 aromatic carbocycles. The first-order chi connectivity index (χ1) is 9.52. The van der Waals surface area contributed by atoms with Crippen LogP contribution in [-0.2, 0) is 12.3 Å². The number of rotatable bonds is 6. The van der Waals surface area contributed by atoms with Crippen molar-refractivity contribution in [1.82, 2.24) is 24.5 Å². The van der Waals surface area contributed by atoms with Gasteiger partial charge < -0.3 is 10.3 Å². The highest BCUT2D eigenvalue weighted by Crippen LogP contribution is 2.24. The van der Waals surface area contributed by atoms with Crippen molar-refractivity contribution in [2.45, 2.75) is 57.2 Å². The molecule has 2 N–H and O–H groups in total. The van der Waals surface area contributed by atoms with Gasteiger partial charge >= 0.3 is 0 Å². The Balaban J connectivity index is 2.08. The minimum atomic E-state index is 0.305. The zero-order valence-corrected chi connectivity index (χ0v) is 13.3. The lowest BCUT2D eigenvalue weighted by Crippen LogP contribution is -2.11. The molecule has 0 radical (unpaired) electrons. The van der Waals surface area contributed by atoms with Gasteiger partial charge in [-0.3, -0.25) is 4.68 Å². The Bertz CT molecular complexity index is 557. The van der Waals surface area contributed by atoms with Gasteiger partial charge in [-0.05, 0) is 33.8 Å². The zero-order valence-electron chi connectivity index (χ0n) is 12.4. The van der Waals surface area contributed by atoms with E-state index >= 15 is 0 Å². The van der Waals surface area contributed by atoms with Crippen molar-refractivity contribution in [2.24, 2.45) is 5.73 Å². The number of thioether (sulfide) groups is 1. The molecule has 0 aliphatic carbocycles. The van der Waals surface area contributed by atoms with Gasteiger partial charge in [0.2, 0.25) is 0 Å². The van der Waals surface area contributed by atoms with Gasteiger partial charge in [0.15, 0.2) is 5.16 Å². The lowest BCUT2D eigenvalue weighted by Gasteiger charge is -2.12. The van der Waals surface area contributed by atoms with Gasteiger partial charge in [-0.25, -0.2) is 0 Å². The summed E-state index contributed by atoms with van der Waals surface area (Å²) in [6.45, 7) is 8.87. The number of nitrogens with two attached hydrogens (primary N) is 1. The SMILES string of the molecule is CC(C)n1ccc(CSc2nnc(CN)n2C(C)C)n1. The first-order valence-electron chi connectivity index (χ1n) is 6.83. The minimum absolute atomic E-state index is 0.305. The number of hydrogen-bond donors (Lipinski definition) is 1. The van der Waals surface area contributed by atoms with E-state index in [4.69, 9.17) is 5.73 Å². The van der Waals surface area contributed by atoms with Crippen LogP contribution in [0.1, 0.15) is 51.3 Å². The van der Waals surface area contributed by atoms with Gasteiger partial charge in [-0.1, -0.05) is 11.8 Å². The average molecular weight is 294 g/mol. The highest BCUT2D eigenvalue weighted by molar-refractivity contribution is 7.98. The maximum atomic E-state index is 5.70. The van der Waals surface area contributed by atoms with E-state index in [1.807, 2.05) is 16.9 Å². The predicted octanol–water partition coefficient (Wildman–Crippen LogP) is 2.39. The quantitative estimate of drug-likeness (QED) is 0.828. The fourth-order valence-corrected chi connectivity index (χ4v) is 2.93. The molecule has 2 heterocycles. The van der Waals surface area contributed by atoms with Crippen molar-refractivity contribution in [3.8, 4) is 0 Å². The monoisotopic (exact) mass is 294 g/mol. The first-order valence-corrected chi connectivity index (χ1v) is 7.82. The van der Waals surface area contributed by atoms with Gasteiger partial charge in [0, 0.05) is 24.0 Å². The molecule has 0 aliphatic heterocycles. The zero-order chi connectivity index (χ0) is 14.7. The summed E-state index contributed by atoms with van der Waals surface area (Å²) < 4.78 is 4.05. The van der Waals surface area contributed by atoms with Crippen LogP contribution in [0.2, 0.25) is 0 Å². The molecule has 2 aromatic rings. The lowest BCUT2D eigenvalue weighted by atomic mass is 10.4. The van der Waals surface area contributed by atoms with Crippen molar-refractivity contribution in [3.05, 3.63) is 23.8 Å². The van der Waals surface area contributed by atoms with E-state index in [9.17, 15) is 0 Å². The normalized spacial score (nSPS) is 11.8. The molecule has 6 nitrogen and oxygen atoms in total. The third-order valence-corrected chi connectivity index (χ3v) is 3.95. The fourth-order valence-electron chi connectivity index (χ4n) is 1.94. The second-order valence-electron chi connectivity index (χ2n) is 5.24. The van der Waals surface area contributed by atoms with Crippen molar-refractivity contribution < 1.29 is 0 Å². The predicted molar refractivity (Wildman–Crippen MR) is 80.5 cm³/mol. The molecular formula is C13H22N6S. The number of aromatic nitrogens is 5. The Morgan fingerprint density at radius 2 is 1.95 bits per heavy atom. The second kappa shape index (κ2) is 6.41. The van der Waals surface area contributed by atoms with Crippen LogP contribution in [0, 0.1) is 0 Å². The van der Waals surface area contributed by atoms with Gasteiger partial charge in [0.1, 0.15) is 5.82 Å². The van der Waals surface area contributed by atoms with E-state index in [0.717, 1.165) is 22.4 Å². The van der Waals surface area contributed by atoms with Crippen LogP contribution in [-0.4, -0.2) is 24.5 Å². The summed E-state index contributed by atoms with van der Waals surface area (Å²) >= 11 is 1.65. The molecule has 0 fully saturated rings. The summed E-state index contributed by atoms with van der Waals surface area (Å²) in [5.74, 6) is 1.62. The molecule has 0 spiro atoms. The maximum absolute atomic E-state index is 5.70. The molecular weight excluding hydrogens is 272 g/mol. The topological polar surface area (TPSA) is 74.6 Å². The van der Waals surface area contributed by atoms with Crippen molar-refractivity contribution in [1.29, 1.82) is 0 Å². The minimum Gasteiger partial charge on any atom is -0.324 e. The highest BCUT2D eigenvalue weighted by Gasteiger charge is 2.14. The van der Waals surface area contributed by atoms with Crippen molar-refractivity contribution in [2.75, 3.05) is 0 Å². The van der Waals surface area contributed by atoms with Crippen molar-refractivity contribution >= 4 is 11.8 Å². The van der Waals surface area contributed by atoms with E-state index in [1.54, 1.807) is 11.8 Å². The van der Waals surface area contributed by atoms with Crippen LogP contribution >= 0.6 is 11.8 Å². The van der Waals surface area contributed by atoms with Crippen LogP contribution in [0.3, 0.4) is 0 Å². The lowest BCUT2D eigenvalue weighted by molar-refractivity contribution is 0.524. The summed E-state index contributed by atoms with van der Waals surface area (Å²) in [6.07, 6.45) is 2.01. The van der Waals surface area contributed by atoms with E-state index in [-0.39, 0.29) is 0 Å². The molecule has 2 aromatic heterocycles. The molecule has 0 unspecified atom stereocenters. The molecule has 0 atom stereocenters. The van der Waals surface area contributed by atoms with Crippen LogP contribution in [0.15, 0.2) is 17.4 Å². The molecule has 0 saturated carbocycles. The molecule has 0 aliphatic rings. The van der Waals surface area contributed by atoms with Gasteiger partial charge in [0.25, 0.3) is 0 Å². The Morgan fingerprint density at radius 1 is 1.20 bits per heavy atom. The van der Waals surface area contributed by atoms with Crippen LogP contribution < -0.4 is 5.73 Å². The largest absolute Gasteiger partial charge is 0.324 e. The van der Waals surface area contributed by atoms with E-state index in [1.165, 1.54) is 0 Å². The van der Waals surface area contributed by atoms with Crippen LogP contribution in [0.5, 0.6) is 0 Å². The first kappa shape index (κ1) is 15.1. The average Bonchev–Trinajstić information content (AvgIpc) is 3.02. The standard InChI is InChI=1S/C13H22N6S/c1-9(2)18-6-5-11(17-18)8-20-13-16-15-12(7-14)19(13)10(3)4/h5-6,9-10H,7-8,14H2,1-4H3. The van der Waals surface area contributed by atoms with E-state index < -0.39 is 0 Å². The van der Waals surface area contributed by atoms with Gasteiger partial charge in [-0.2, -0.15) is 5.10 Å². The maximum Gasteiger partial charge on any atom is 0.191 e. The number of nitrogens with zero attached hydrogens (tertiary/aromatic N) is 5. The van der Waals surface area contributed by atoms with E-state index in [2.05, 4.69) is 47.6 Å². The van der Waals surface area contributed by atoms with Crippen LogP contribution in [0.4, 0.5) is 0 Å². The van der Waals surface area contributed by atoms with Gasteiger partial charge in [-0.15, -0.1) is 10.2 Å². The molecule has 0 saturated heterocycles. The van der Waals surface area contributed by atoms with E-state index in [0.29, 0.717) is 18.6 Å². The van der Waals surface area contributed by atoms with Crippen LogP contribution in [0.25, 0.3) is 0 Å². The Labute approximate surface area is 123 Å². The third-order valence-electron chi connectivity index (χ3n) is 2.98. The highest BCUT2D eigenvalue weighted by atomic mass is 32.2. The molecule has 2 rings (SSSR count). The van der Waals surface area contributed by atoms with Crippen molar-refractivity contribution in [3.63, 3.8) is 0 Å². The summed E-state index contributed by atoms with van der Waals surface area (Å²) in [6, 6.07) is 2.74. The fraction of sp³-hybridized carbons (Fsp3) is 0.615. The number of hydrogen-bond acceptors (Lipinski definition) is 5.